The fraction of sp³-hybridized carbons (Fsp3) is 0.0625. The van der Waals surface area contributed by atoms with Crippen molar-refractivity contribution in [3.63, 3.8) is 0 Å². The molecule has 0 aliphatic rings. The van der Waals surface area contributed by atoms with Gasteiger partial charge in [-0.15, -0.1) is 0 Å². The monoisotopic (exact) mass is 421 g/mol. The van der Waals surface area contributed by atoms with Gasteiger partial charge in [0, 0.05) is 11.6 Å². The predicted octanol–water partition coefficient (Wildman–Crippen LogP) is 3.62. The third-order valence-corrected chi connectivity index (χ3v) is 4.64. The van der Waals surface area contributed by atoms with Crippen LogP contribution in [-0.2, 0) is 16.2 Å². The first-order chi connectivity index (χ1) is 12.9. The fourth-order valence-corrected chi connectivity index (χ4v) is 3.20. The van der Waals surface area contributed by atoms with E-state index >= 15 is 0 Å². The summed E-state index contributed by atoms with van der Waals surface area (Å²) >= 11 is 0. The van der Waals surface area contributed by atoms with Gasteiger partial charge in [-0.1, -0.05) is 12.1 Å². The van der Waals surface area contributed by atoms with Crippen molar-refractivity contribution in [2.45, 2.75) is 11.1 Å². The second kappa shape index (κ2) is 6.63. The van der Waals surface area contributed by atoms with E-state index in [1.165, 1.54) is 12.1 Å². The number of benzene rings is 2. The standard InChI is InChI=1S/C16H9F6N3O2S/c17-9-6-11(19)10(18)5-8(9)13-7-15(16(20,21)22)24-25(13)12-3-1-2-4-14(12)28(23,26)27/h1-7H,(H2,23,26,27). The largest absolute Gasteiger partial charge is 0.435 e. The molecule has 2 aromatic carbocycles. The minimum Gasteiger partial charge on any atom is -0.231 e. The molecule has 0 saturated carbocycles. The lowest BCUT2D eigenvalue weighted by Gasteiger charge is -2.12. The van der Waals surface area contributed by atoms with Crippen LogP contribution in [0.1, 0.15) is 5.69 Å². The number of halogens is 6. The zero-order valence-electron chi connectivity index (χ0n) is 13.5. The van der Waals surface area contributed by atoms with Crippen molar-refractivity contribution in [2.75, 3.05) is 0 Å². The number of nitrogens with zero attached hydrogens (tertiary/aromatic N) is 2. The molecule has 0 unspecified atom stereocenters. The average molecular weight is 421 g/mol. The number of nitrogens with two attached hydrogens (primary N) is 1. The quantitative estimate of drug-likeness (QED) is 0.518. The first kappa shape index (κ1) is 19.9. The molecule has 0 atom stereocenters. The van der Waals surface area contributed by atoms with Gasteiger partial charge in [-0.05, 0) is 24.3 Å². The van der Waals surface area contributed by atoms with E-state index in [0.717, 1.165) is 12.1 Å². The molecular formula is C16H9F6N3O2S. The minimum atomic E-state index is -4.98. The Labute approximate surface area is 154 Å². The number of alkyl halides is 3. The number of sulfonamides is 1. The Balaban J connectivity index is 2.39. The molecule has 3 aromatic rings. The van der Waals surface area contributed by atoms with Crippen LogP contribution in [0.25, 0.3) is 16.9 Å². The topological polar surface area (TPSA) is 78.0 Å². The number of rotatable bonds is 3. The first-order valence-electron chi connectivity index (χ1n) is 7.34. The van der Waals surface area contributed by atoms with Crippen molar-refractivity contribution in [2.24, 2.45) is 5.14 Å². The highest BCUT2D eigenvalue weighted by Gasteiger charge is 2.36. The Morgan fingerprint density at radius 3 is 2.14 bits per heavy atom. The fourth-order valence-electron chi connectivity index (χ4n) is 2.49. The number of para-hydroxylation sites is 1. The molecule has 0 saturated heterocycles. The molecule has 0 radical (unpaired) electrons. The second-order valence-electron chi connectivity index (χ2n) is 5.58. The van der Waals surface area contributed by atoms with Crippen LogP contribution in [0.2, 0.25) is 0 Å². The van der Waals surface area contributed by atoms with Gasteiger partial charge in [-0.25, -0.2) is 31.4 Å². The summed E-state index contributed by atoms with van der Waals surface area (Å²) in [6.07, 6.45) is -4.98. The van der Waals surface area contributed by atoms with Crippen LogP contribution >= 0.6 is 0 Å². The Kier molecular flexibility index (Phi) is 4.71. The summed E-state index contributed by atoms with van der Waals surface area (Å²) in [5, 5.41) is 8.36. The highest BCUT2D eigenvalue weighted by molar-refractivity contribution is 7.89. The summed E-state index contributed by atoms with van der Waals surface area (Å²) in [7, 11) is -4.40. The van der Waals surface area contributed by atoms with Crippen LogP contribution < -0.4 is 5.14 Å². The van der Waals surface area contributed by atoms with Crippen molar-refractivity contribution in [1.82, 2.24) is 9.78 Å². The van der Waals surface area contributed by atoms with Crippen LogP contribution in [-0.4, -0.2) is 18.2 Å². The van der Waals surface area contributed by atoms with Crippen LogP contribution in [0, 0.1) is 17.5 Å². The molecule has 1 heterocycles. The average Bonchev–Trinajstić information content (AvgIpc) is 3.02. The Morgan fingerprint density at radius 2 is 1.54 bits per heavy atom. The van der Waals surface area contributed by atoms with E-state index in [-0.39, 0.29) is 6.07 Å². The zero-order chi connectivity index (χ0) is 20.9. The Bertz CT molecular complexity index is 1170. The van der Waals surface area contributed by atoms with Gasteiger partial charge in [0.1, 0.15) is 10.7 Å². The summed E-state index contributed by atoms with van der Waals surface area (Å²) in [5.41, 5.74) is -3.35. The molecule has 0 aliphatic heterocycles. The SMILES string of the molecule is NS(=O)(=O)c1ccccc1-n1nc(C(F)(F)F)cc1-c1cc(F)c(F)cc1F. The Hall–Kier alpha value is -2.86. The molecule has 5 nitrogen and oxygen atoms in total. The highest BCUT2D eigenvalue weighted by atomic mass is 32.2. The van der Waals surface area contributed by atoms with E-state index < -0.39 is 61.2 Å². The maximum Gasteiger partial charge on any atom is 0.435 e. The lowest BCUT2D eigenvalue weighted by molar-refractivity contribution is -0.141. The molecule has 0 spiro atoms. The maximum absolute atomic E-state index is 14.2. The number of primary sulfonamides is 1. The first-order valence-corrected chi connectivity index (χ1v) is 8.88. The summed E-state index contributed by atoms with van der Waals surface area (Å²) in [4.78, 5) is -0.601. The summed E-state index contributed by atoms with van der Waals surface area (Å²) in [6, 6.07) is 5.51. The Morgan fingerprint density at radius 1 is 0.929 bits per heavy atom. The van der Waals surface area contributed by atoms with Crippen molar-refractivity contribution >= 4 is 10.0 Å². The van der Waals surface area contributed by atoms with Crippen molar-refractivity contribution in [3.05, 3.63) is 65.6 Å². The normalized spacial score (nSPS) is 12.4. The van der Waals surface area contributed by atoms with Crippen LogP contribution in [0.3, 0.4) is 0 Å². The molecule has 1 aromatic heterocycles. The van der Waals surface area contributed by atoms with E-state index in [1.807, 2.05) is 0 Å². The van der Waals surface area contributed by atoms with E-state index in [1.54, 1.807) is 0 Å². The van der Waals surface area contributed by atoms with Gasteiger partial charge in [0.05, 0.1) is 11.4 Å². The van der Waals surface area contributed by atoms with Gasteiger partial charge in [-0.2, -0.15) is 18.3 Å². The van der Waals surface area contributed by atoms with Crippen LogP contribution in [0.5, 0.6) is 0 Å². The van der Waals surface area contributed by atoms with Crippen molar-refractivity contribution in [1.29, 1.82) is 0 Å². The number of hydrogen-bond acceptors (Lipinski definition) is 3. The minimum absolute atomic E-state index is 0.154. The van der Waals surface area contributed by atoms with Gasteiger partial charge in [0.2, 0.25) is 10.0 Å². The number of aromatic nitrogens is 2. The van der Waals surface area contributed by atoms with Crippen molar-refractivity contribution < 1.29 is 34.8 Å². The third kappa shape index (κ3) is 3.60. The van der Waals surface area contributed by atoms with Crippen LogP contribution in [0.15, 0.2) is 47.4 Å². The van der Waals surface area contributed by atoms with E-state index in [9.17, 15) is 34.8 Å². The van der Waals surface area contributed by atoms with Gasteiger partial charge >= 0.3 is 6.18 Å². The molecule has 28 heavy (non-hydrogen) atoms. The van der Waals surface area contributed by atoms with Gasteiger partial charge < -0.3 is 0 Å². The van der Waals surface area contributed by atoms with E-state index in [2.05, 4.69) is 5.10 Å². The van der Waals surface area contributed by atoms with E-state index in [4.69, 9.17) is 5.14 Å². The third-order valence-electron chi connectivity index (χ3n) is 3.69. The highest BCUT2D eigenvalue weighted by Crippen LogP contribution is 2.35. The van der Waals surface area contributed by atoms with E-state index in [0.29, 0.717) is 16.8 Å². The molecule has 0 amide bonds. The van der Waals surface area contributed by atoms with Gasteiger partial charge in [-0.3, -0.25) is 0 Å². The molecule has 0 aliphatic carbocycles. The lowest BCUT2D eigenvalue weighted by Crippen LogP contribution is -2.16. The molecule has 3 rings (SSSR count). The smallest absolute Gasteiger partial charge is 0.231 e. The molecule has 0 fully saturated rings. The molecule has 148 valence electrons. The molecule has 12 heteroatoms. The molecular weight excluding hydrogens is 412 g/mol. The zero-order valence-corrected chi connectivity index (χ0v) is 14.3. The maximum atomic E-state index is 14.2. The van der Waals surface area contributed by atoms with Gasteiger partial charge in [0.15, 0.2) is 17.3 Å². The molecule has 0 bridgehead atoms. The summed E-state index contributed by atoms with van der Waals surface area (Å²) in [5.74, 6) is -4.44. The van der Waals surface area contributed by atoms with Gasteiger partial charge in [0.25, 0.3) is 0 Å². The summed E-state index contributed by atoms with van der Waals surface area (Å²) < 4.78 is 104. The molecule has 2 N–H and O–H groups in total. The number of hydrogen-bond donors (Lipinski definition) is 1. The predicted molar refractivity (Wildman–Crippen MR) is 85.2 cm³/mol. The van der Waals surface area contributed by atoms with Crippen molar-refractivity contribution in [3.8, 4) is 16.9 Å². The second-order valence-corrected chi connectivity index (χ2v) is 7.11. The van der Waals surface area contributed by atoms with Crippen LogP contribution in [0.4, 0.5) is 26.3 Å². The lowest BCUT2D eigenvalue weighted by atomic mass is 10.1. The summed E-state index contributed by atoms with van der Waals surface area (Å²) in [6.45, 7) is 0.